The summed E-state index contributed by atoms with van der Waals surface area (Å²) in [6, 6.07) is 2.64. The van der Waals surface area contributed by atoms with Crippen molar-refractivity contribution in [3.63, 3.8) is 0 Å². The lowest BCUT2D eigenvalue weighted by Crippen LogP contribution is -1.97. The normalized spacial score (nSPS) is 9.73. The molecular formula is C7H8BrFN2. The molecule has 3 N–H and O–H groups in total. The Morgan fingerprint density at radius 1 is 1.55 bits per heavy atom. The number of nitrogens with one attached hydrogen (secondary N) is 1. The fraction of sp³-hybridized carbons (Fsp3) is 0.143. The predicted molar refractivity (Wildman–Crippen MR) is 48.1 cm³/mol. The van der Waals surface area contributed by atoms with Gasteiger partial charge >= 0.3 is 0 Å². The van der Waals surface area contributed by atoms with Gasteiger partial charge in [-0.2, -0.15) is 0 Å². The molecule has 0 unspecified atom stereocenters. The number of benzene rings is 1. The van der Waals surface area contributed by atoms with E-state index in [-0.39, 0.29) is 5.82 Å². The van der Waals surface area contributed by atoms with Gasteiger partial charge in [0.05, 0.1) is 11.4 Å². The third-order valence-electron chi connectivity index (χ3n) is 1.34. The number of rotatable bonds is 1. The maximum Gasteiger partial charge on any atom is 0.126 e. The first-order valence-corrected chi connectivity index (χ1v) is 3.86. The molecule has 0 aliphatic rings. The zero-order valence-corrected chi connectivity index (χ0v) is 7.57. The van der Waals surface area contributed by atoms with Gasteiger partial charge in [-0.3, -0.25) is 0 Å². The summed E-state index contributed by atoms with van der Waals surface area (Å²) in [5, 5.41) is 2.85. The van der Waals surface area contributed by atoms with Crippen LogP contribution in [-0.2, 0) is 0 Å². The number of halogens is 2. The summed E-state index contributed by atoms with van der Waals surface area (Å²) in [7, 11) is 1.73. The molecule has 0 saturated heterocycles. The Hall–Kier alpha value is -0.770. The molecular weight excluding hydrogens is 211 g/mol. The van der Waals surface area contributed by atoms with Crippen molar-refractivity contribution in [2.45, 2.75) is 0 Å². The molecule has 0 fully saturated rings. The van der Waals surface area contributed by atoms with Crippen LogP contribution in [0.3, 0.4) is 0 Å². The zero-order valence-electron chi connectivity index (χ0n) is 5.99. The van der Waals surface area contributed by atoms with Crippen molar-refractivity contribution in [3.05, 3.63) is 22.4 Å². The van der Waals surface area contributed by atoms with E-state index < -0.39 is 0 Å². The van der Waals surface area contributed by atoms with Crippen LogP contribution >= 0.6 is 15.9 Å². The average molecular weight is 219 g/mol. The number of hydrogen-bond donors (Lipinski definition) is 2. The Balaban J connectivity index is 3.25. The van der Waals surface area contributed by atoms with Gasteiger partial charge in [0.2, 0.25) is 0 Å². The lowest BCUT2D eigenvalue weighted by atomic mass is 10.2. The first-order valence-electron chi connectivity index (χ1n) is 3.07. The van der Waals surface area contributed by atoms with Gasteiger partial charge in [0.15, 0.2) is 0 Å². The summed E-state index contributed by atoms with van der Waals surface area (Å²) >= 11 is 3.18. The lowest BCUT2D eigenvalue weighted by molar-refractivity contribution is 0.628. The SMILES string of the molecule is CNc1c(N)cc(F)cc1Br. The summed E-state index contributed by atoms with van der Waals surface area (Å²) in [6.07, 6.45) is 0. The van der Waals surface area contributed by atoms with Gasteiger partial charge in [-0.15, -0.1) is 0 Å². The van der Waals surface area contributed by atoms with Crippen molar-refractivity contribution in [2.24, 2.45) is 0 Å². The van der Waals surface area contributed by atoms with E-state index in [0.717, 1.165) is 0 Å². The van der Waals surface area contributed by atoms with Crippen molar-refractivity contribution >= 4 is 27.3 Å². The summed E-state index contributed by atoms with van der Waals surface area (Å²) in [4.78, 5) is 0. The lowest BCUT2D eigenvalue weighted by Gasteiger charge is -2.06. The smallest absolute Gasteiger partial charge is 0.126 e. The highest BCUT2D eigenvalue weighted by Gasteiger charge is 2.03. The van der Waals surface area contributed by atoms with E-state index in [1.165, 1.54) is 12.1 Å². The quantitative estimate of drug-likeness (QED) is 0.710. The third-order valence-corrected chi connectivity index (χ3v) is 1.96. The Bertz CT molecular complexity index is 252. The fourth-order valence-electron chi connectivity index (χ4n) is 0.857. The minimum Gasteiger partial charge on any atom is -0.397 e. The molecule has 1 aromatic carbocycles. The number of nitrogens with two attached hydrogens (primary N) is 1. The van der Waals surface area contributed by atoms with Gasteiger partial charge < -0.3 is 11.1 Å². The Morgan fingerprint density at radius 3 is 2.64 bits per heavy atom. The highest BCUT2D eigenvalue weighted by atomic mass is 79.9. The molecule has 60 valence electrons. The molecule has 4 heteroatoms. The van der Waals surface area contributed by atoms with Gasteiger partial charge in [-0.05, 0) is 28.1 Å². The maximum absolute atomic E-state index is 12.6. The monoisotopic (exact) mass is 218 g/mol. The van der Waals surface area contributed by atoms with Crippen LogP contribution in [0.15, 0.2) is 16.6 Å². The molecule has 0 bridgehead atoms. The molecule has 11 heavy (non-hydrogen) atoms. The molecule has 1 rings (SSSR count). The minimum absolute atomic E-state index is 0.339. The van der Waals surface area contributed by atoms with E-state index in [2.05, 4.69) is 21.2 Å². The topological polar surface area (TPSA) is 38.0 Å². The largest absolute Gasteiger partial charge is 0.397 e. The first kappa shape index (κ1) is 8.33. The van der Waals surface area contributed by atoms with E-state index in [9.17, 15) is 4.39 Å². The molecule has 0 heterocycles. The van der Waals surface area contributed by atoms with E-state index in [4.69, 9.17) is 5.73 Å². The molecule has 0 amide bonds. The Morgan fingerprint density at radius 2 is 2.18 bits per heavy atom. The van der Waals surface area contributed by atoms with Crippen LogP contribution in [0.5, 0.6) is 0 Å². The highest BCUT2D eigenvalue weighted by molar-refractivity contribution is 9.10. The molecule has 0 aromatic heterocycles. The number of hydrogen-bond acceptors (Lipinski definition) is 2. The summed E-state index contributed by atoms with van der Waals surface area (Å²) < 4.78 is 13.2. The minimum atomic E-state index is -0.339. The van der Waals surface area contributed by atoms with Gasteiger partial charge in [-0.1, -0.05) is 0 Å². The van der Waals surface area contributed by atoms with E-state index >= 15 is 0 Å². The molecule has 1 aromatic rings. The Labute approximate surface area is 72.7 Å². The van der Waals surface area contributed by atoms with Crippen LogP contribution in [0.2, 0.25) is 0 Å². The van der Waals surface area contributed by atoms with Crippen LogP contribution in [-0.4, -0.2) is 7.05 Å². The van der Waals surface area contributed by atoms with Crippen LogP contribution < -0.4 is 11.1 Å². The predicted octanol–water partition coefficient (Wildman–Crippen LogP) is 2.21. The number of anilines is 2. The second-order valence-corrected chi connectivity index (χ2v) is 2.96. The molecule has 0 atom stereocenters. The van der Waals surface area contributed by atoms with E-state index in [1.807, 2.05) is 0 Å². The zero-order chi connectivity index (χ0) is 8.43. The summed E-state index contributed by atoms with van der Waals surface area (Å²) in [5.41, 5.74) is 6.62. The average Bonchev–Trinajstić information content (AvgIpc) is 1.85. The van der Waals surface area contributed by atoms with Crippen LogP contribution in [0.4, 0.5) is 15.8 Å². The van der Waals surface area contributed by atoms with E-state index in [1.54, 1.807) is 7.05 Å². The number of nitrogen functional groups attached to an aromatic ring is 1. The second kappa shape index (κ2) is 3.09. The second-order valence-electron chi connectivity index (χ2n) is 2.10. The summed E-state index contributed by atoms with van der Waals surface area (Å²) in [6.45, 7) is 0. The standard InChI is InChI=1S/C7H8BrFN2/c1-11-7-5(8)2-4(9)3-6(7)10/h2-3,11H,10H2,1H3. The first-order chi connectivity index (χ1) is 5.15. The van der Waals surface area contributed by atoms with Gasteiger partial charge in [-0.25, -0.2) is 4.39 Å². The molecule has 0 saturated carbocycles. The molecule has 2 nitrogen and oxygen atoms in total. The Kier molecular flexibility index (Phi) is 2.34. The van der Waals surface area contributed by atoms with Crippen molar-refractivity contribution < 1.29 is 4.39 Å². The van der Waals surface area contributed by atoms with Gasteiger partial charge in [0.25, 0.3) is 0 Å². The highest BCUT2D eigenvalue weighted by Crippen LogP contribution is 2.28. The van der Waals surface area contributed by atoms with Crippen molar-refractivity contribution in [1.29, 1.82) is 0 Å². The molecule has 0 spiro atoms. The summed E-state index contributed by atoms with van der Waals surface area (Å²) in [5.74, 6) is -0.339. The molecule has 0 aliphatic carbocycles. The molecule has 0 radical (unpaired) electrons. The maximum atomic E-state index is 12.6. The van der Waals surface area contributed by atoms with E-state index in [0.29, 0.717) is 15.8 Å². The third kappa shape index (κ3) is 1.63. The van der Waals surface area contributed by atoms with Crippen LogP contribution in [0, 0.1) is 5.82 Å². The molecule has 0 aliphatic heterocycles. The van der Waals surface area contributed by atoms with Crippen molar-refractivity contribution in [3.8, 4) is 0 Å². The van der Waals surface area contributed by atoms with Gasteiger partial charge in [0, 0.05) is 11.5 Å². The van der Waals surface area contributed by atoms with Crippen molar-refractivity contribution in [1.82, 2.24) is 0 Å². The van der Waals surface area contributed by atoms with Crippen LogP contribution in [0.1, 0.15) is 0 Å². The van der Waals surface area contributed by atoms with Crippen LogP contribution in [0.25, 0.3) is 0 Å². The fourth-order valence-corrected chi connectivity index (χ4v) is 1.50. The van der Waals surface area contributed by atoms with Crippen molar-refractivity contribution in [2.75, 3.05) is 18.1 Å². The van der Waals surface area contributed by atoms with Gasteiger partial charge in [0.1, 0.15) is 5.82 Å².